The third kappa shape index (κ3) is 4.22. The van der Waals surface area contributed by atoms with Crippen molar-refractivity contribution in [3.63, 3.8) is 0 Å². The molecule has 1 aromatic rings. The molecule has 19 heavy (non-hydrogen) atoms. The van der Waals surface area contributed by atoms with E-state index in [4.69, 9.17) is 5.14 Å². The second-order valence-electron chi connectivity index (χ2n) is 4.60. The van der Waals surface area contributed by atoms with Gasteiger partial charge in [0.05, 0.1) is 4.90 Å². The number of hydrogen-bond donors (Lipinski definition) is 2. The average molecular weight is 299 g/mol. The molecule has 1 atom stereocenters. The van der Waals surface area contributed by atoms with Crippen molar-refractivity contribution in [3.05, 3.63) is 29.8 Å². The average Bonchev–Trinajstić information content (AvgIpc) is 2.37. The Morgan fingerprint density at radius 3 is 2.63 bits per heavy atom. The van der Waals surface area contributed by atoms with Crippen molar-refractivity contribution in [1.82, 2.24) is 5.32 Å². The van der Waals surface area contributed by atoms with Crippen LogP contribution >= 0.6 is 11.8 Å². The highest BCUT2D eigenvalue weighted by molar-refractivity contribution is 8.13. The van der Waals surface area contributed by atoms with Crippen LogP contribution in [0.25, 0.3) is 0 Å². The quantitative estimate of drug-likeness (QED) is 0.877. The van der Waals surface area contributed by atoms with Crippen LogP contribution < -0.4 is 10.5 Å². The Morgan fingerprint density at radius 2 is 2.11 bits per heavy atom. The minimum absolute atomic E-state index is 0.134. The van der Waals surface area contributed by atoms with Gasteiger partial charge in [-0.1, -0.05) is 30.8 Å². The molecule has 1 aliphatic rings. The van der Waals surface area contributed by atoms with E-state index in [1.807, 2.05) is 0 Å². The third-order valence-corrected chi connectivity index (χ3v) is 4.96. The molecule has 0 saturated carbocycles. The normalized spacial score (nSPS) is 19.9. The van der Waals surface area contributed by atoms with E-state index >= 15 is 0 Å². The van der Waals surface area contributed by atoms with Crippen molar-refractivity contribution >= 4 is 27.0 Å². The Bertz CT molecular complexity index is 567. The predicted octanol–water partition coefficient (Wildman–Crippen LogP) is 1.16. The zero-order valence-corrected chi connectivity index (χ0v) is 12.3. The number of nitrogens with one attached hydrogen (secondary N) is 1. The molecule has 1 unspecified atom stereocenters. The van der Waals surface area contributed by atoms with Gasteiger partial charge in [-0.2, -0.15) is 0 Å². The maximum Gasteiger partial charge on any atom is 0.238 e. The fourth-order valence-corrected chi connectivity index (χ4v) is 3.04. The van der Waals surface area contributed by atoms with Gasteiger partial charge in [-0.15, -0.1) is 0 Å². The molecule has 1 aliphatic heterocycles. The van der Waals surface area contributed by atoms with Crippen LogP contribution in [0.15, 0.2) is 34.2 Å². The van der Waals surface area contributed by atoms with Gasteiger partial charge < -0.3 is 5.32 Å². The molecule has 0 bridgehead atoms. The van der Waals surface area contributed by atoms with Crippen LogP contribution in [0.3, 0.4) is 0 Å². The number of aliphatic imine (C=N–C) groups is 1. The number of benzene rings is 1. The molecule has 0 aliphatic carbocycles. The first-order chi connectivity index (χ1) is 8.95. The van der Waals surface area contributed by atoms with Crippen LogP contribution in [0.4, 0.5) is 0 Å². The molecule has 104 valence electrons. The Morgan fingerprint density at radius 1 is 1.42 bits per heavy atom. The second-order valence-corrected chi connectivity index (χ2v) is 7.17. The highest BCUT2D eigenvalue weighted by Crippen LogP contribution is 2.16. The number of sulfonamides is 1. The fourth-order valence-electron chi connectivity index (χ4n) is 1.64. The van der Waals surface area contributed by atoms with Crippen molar-refractivity contribution in [2.45, 2.75) is 18.4 Å². The lowest BCUT2D eigenvalue weighted by Gasteiger charge is -2.17. The van der Waals surface area contributed by atoms with Gasteiger partial charge in [-0.05, 0) is 23.6 Å². The van der Waals surface area contributed by atoms with Crippen LogP contribution in [0, 0.1) is 5.92 Å². The standard InChI is InChI=1S/C12H17N3O2S2/c1-9-6-14-12(18-8-9)15-7-10-2-4-11(5-3-10)19(13,16)17/h2-5,9H,6-8H2,1H3,(H,14,15)(H2,13,16,17). The molecule has 7 heteroatoms. The maximum absolute atomic E-state index is 11.1. The molecule has 0 fully saturated rings. The first kappa shape index (κ1) is 14.4. The first-order valence-electron chi connectivity index (χ1n) is 5.98. The van der Waals surface area contributed by atoms with E-state index in [0.717, 1.165) is 23.0 Å². The Kier molecular flexibility index (Phi) is 4.49. The van der Waals surface area contributed by atoms with Crippen molar-refractivity contribution in [3.8, 4) is 0 Å². The Balaban J connectivity index is 1.94. The summed E-state index contributed by atoms with van der Waals surface area (Å²) in [5.74, 6) is 1.71. The molecule has 2 rings (SSSR count). The number of primary sulfonamides is 1. The summed E-state index contributed by atoms with van der Waals surface area (Å²) in [6.45, 7) is 3.67. The van der Waals surface area contributed by atoms with Crippen LogP contribution in [0.2, 0.25) is 0 Å². The van der Waals surface area contributed by atoms with E-state index in [-0.39, 0.29) is 4.90 Å². The maximum atomic E-state index is 11.1. The topological polar surface area (TPSA) is 84.5 Å². The molecule has 0 saturated heterocycles. The number of hydrogen-bond acceptors (Lipinski definition) is 5. The van der Waals surface area contributed by atoms with E-state index < -0.39 is 10.0 Å². The highest BCUT2D eigenvalue weighted by Gasteiger charge is 2.12. The van der Waals surface area contributed by atoms with Gasteiger partial charge in [-0.25, -0.2) is 13.6 Å². The lowest BCUT2D eigenvalue weighted by atomic mass is 10.2. The molecule has 1 heterocycles. The monoisotopic (exact) mass is 299 g/mol. The van der Waals surface area contributed by atoms with Gasteiger partial charge in [0.2, 0.25) is 10.0 Å². The third-order valence-electron chi connectivity index (χ3n) is 2.75. The van der Waals surface area contributed by atoms with Crippen molar-refractivity contribution in [1.29, 1.82) is 0 Å². The molecule has 5 nitrogen and oxygen atoms in total. The van der Waals surface area contributed by atoms with E-state index in [2.05, 4.69) is 17.2 Å². The first-order valence-corrected chi connectivity index (χ1v) is 8.51. The lowest BCUT2D eigenvalue weighted by molar-refractivity contribution is 0.597. The van der Waals surface area contributed by atoms with E-state index in [1.54, 1.807) is 23.9 Å². The van der Waals surface area contributed by atoms with Gasteiger partial charge in [0, 0.05) is 18.8 Å². The lowest BCUT2D eigenvalue weighted by Crippen LogP contribution is -2.25. The number of amidine groups is 1. The number of thioether (sulfide) groups is 1. The Labute approximate surface area is 117 Å². The van der Waals surface area contributed by atoms with Gasteiger partial charge in [0.15, 0.2) is 5.17 Å². The summed E-state index contributed by atoms with van der Waals surface area (Å²) in [7, 11) is -3.61. The molecule has 0 radical (unpaired) electrons. The summed E-state index contributed by atoms with van der Waals surface area (Å²) in [4.78, 5) is 4.57. The molecule has 0 spiro atoms. The summed E-state index contributed by atoms with van der Waals surface area (Å²) in [6, 6.07) is 6.54. The van der Waals surface area contributed by atoms with Gasteiger partial charge >= 0.3 is 0 Å². The Hall–Kier alpha value is -1.05. The van der Waals surface area contributed by atoms with Crippen LogP contribution in [0.1, 0.15) is 12.5 Å². The highest BCUT2D eigenvalue weighted by atomic mass is 32.2. The summed E-state index contributed by atoms with van der Waals surface area (Å²) >= 11 is 1.72. The molecule has 0 aromatic heterocycles. The minimum atomic E-state index is -3.61. The van der Waals surface area contributed by atoms with E-state index in [9.17, 15) is 8.42 Å². The van der Waals surface area contributed by atoms with Crippen LogP contribution in [-0.4, -0.2) is 25.9 Å². The van der Waals surface area contributed by atoms with Crippen molar-refractivity contribution < 1.29 is 8.42 Å². The second kappa shape index (κ2) is 5.94. The summed E-state index contributed by atoms with van der Waals surface area (Å²) in [5, 5.41) is 9.25. The fraction of sp³-hybridized carbons (Fsp3) is 0.417. The summed E-state index contributed by atoms with van der Waals surface area (Å²) in [6.07, 6.45) is 0. The summed E-state index contributed by atoms with van der Waals surface area (Å²) in [5.41, 5.74) is 0.995. The molecule has 1 aromatic carbocycles. The van der Waals surface area contributed by atoms with Gasteiger partial charge in [0.1, 0.15) is 0 Å². The van der Waals surface area contributed by atoms with Crippen LogP contribution in [-0.2, 0) is 16.6 Å². The SMILES string of the molecule is CC1CN=C(NCc2ccc(S(N)(=O)=O)cc2)SC1. The number of nitrogens with two attached hydrogens (primary N) is 1. The van der Waals surface area contributed by atoms with Crippen LogP contribution in [0.5, 0.6) is 0 Å². The summed E-state index contributed by atoms with van der Waals surface area (Å²) < 4.78 is 22.2. The zero-order chi connectivity index (χ0) is 13.9. The molecular weight excluding hydrogens is 282 g/mol. The van der Waals surface area contributed by atoms with Crippen molar-refractivity contribution in [2.75, 3.05) is 12.3 Å². The number of nitrogens with zero attached hydrogens (tertiary/aromatic N) is 1. The predicted molar refractivity (Wildman–Crippen MR) is 78.6 cm³/mol. The molecule has 0 amide bonds. The van der Waals surface area contributed by atoms with E-state index in [0.29, 0.717) is 12.5 Å². The minimum Gasteiger partial charge on any atom is -0.361 e. The van der Waals surface area contributed by atoms with Crippen molar-refractivity contribution in [2.24, 2.45) is 16.0 Å². The number of rotatable bonds is 3. The zero-order valence-electron chi connectivity index (χ0n) is 10.7. The van der Waals surface area contributed by atoms with E-state index in [1.165, 1.54) is 12.1 Å². The largest absolute Gasteiger partial charge is 0.361 e. The smallest absolute Gasteiger partial charge is 0.238 e. The van der Waals surface area contributed by atoms with Gasteiger partial charge in [0.25, 0.3) is 0 Å². The molecular formula is C12H17N3O2S2. The molecule has 3 N–H and O–H groups in total. The van der Waals surface area contributed by atoms with Gasteiger partial charge in [-0.3, -0.25) is 4.99 Å².